The summed E-state index contributed by atoms with van der Waals surface area (Å²) >= 11 is 6.92. The number of alkyl carbamates (subject to hydrolysis) is 1. The molecule has 2 aliphatic carbocycles. The number of nitrogens with zero attached hydrogens (tertiary/aromatic N) is 3. The summed E-state index contributed by atoms with van der Waals surface area (Å²) in [4.78, 5) is 101. The normalized spacial score (nSPS) is 28.7. The number of rotatable bonds is 7. The van der Waals surface area contributed by atoms with Crippen LogP contribution in [0.2, 0.25) is 5.02 Å². The number of amides is 2. The van der Waals surface area contributed by atoms with Crippen LogP contribution < -0.4 is 25.7 Å². The van der Waals surface area contributed by atoms with E-state index in [9.17, 15) is 54.0 Å². The van der Waals surface area contributed by atoms with E-state index in [4.69, 9.17) is 35.3 Å². The Labute approximate surface area is 464 Å². The average Bonchev–Trinajstić information content (AvgIpc) is 4.30. The molecule has 1 saturated carbocycles. The van der Waals surface area contributed by atoms with Crippen molar-refractivity contribution in [3.63, 3.8) is 0 Å². The first-order valence-corrected chi connectivity index (χ1v) is 27.0. The summed E-state index contributed by atoms with van der Waals surface area (Å²) in [5.41, 5.74) is -3.01. The number of nitrogens with one attached hydrogen (secondary N) is 2. The Bertz CT molecular complexity index is 3290. The van der Waals surface area contributed by atoms with Crippen LogP contribution in [0.1, 0.15) is 114 Å². The lowest BCUT2D eigenvalue weighted by Crippen LogP contribution is -2.48. The number of methoxy groups -OCH3 is 1. The number of anilines is 1. The van der Waals surface area contributed by atoms with Crippen molar-refractivity contribution in [2.45, 2.75) is 110 Å². The fourth-order valence-corrected chi connectivity index (χ4v) is 11.9. The second-order valence-corrected chi connectivity index (χ2v) is 22.1. The monoisotopic (exact) mass is 1130 g/mol. The minimum atomic E-state index is -2.19. The van der Waals surface area contributed by atoms with E-state index >= 15 is 4.39 Å². The van der Waals surface area contributed by atoms with Crippen LogP contribution >= 0.6 is 11.6 Å². The molecule has 10 rings (SSSR count). The summed E-state index contributed by atoms with van der Waals surface area (Å²) in [7, 11) is 1.38. The molecule has 2 saturated heterocycles. The van der Waals surface area contributed by atoms with E-state index in [1.165, 1.54) is 52.3 Å². The molecule has 2 aromatic carbocycles. The predicted molar refractivity (Wildman–Crippen MR) is 287 cm³/mol. The summed E-state index contributed by atoms with van der Waals surface area (Å²) in [6, 6.07) is 0.230. The first-order chi connectivity index (χ1) is 37.9. The molecule has 21 nitrogen and oxygen atoms in total. The fourth-order valence-electron chi connectivity index (χ4n) is 11.5. The van der Waals surface area contributed by atoms with Crippen molar-refractivity contribution in [3.8, 4) is 11.5 Å². The maximum Gasteiger partial charge on any atom is 0.407 e. The van der Waals surface area contributed by atoms with E-state index in [0.717, 1.165) is 12.3 Å². The van der Waals surface area contributed by atoms with Gasteiger partial charge in [-0.25, -0.2) is 14.0 Å². The number of aromatic carboxylic acids is 1. The number of aromatic nitrogens is 1. The van der Waals surface area contributed by atoms with Gasteiger partial charge in [-0.2, -0.15) is 0 Å². The van der Waals surface area contributed by atoms with E-state index in [1.807, 2.05) is 0 Å². The molecule has 3 aromatic rings. The zero-order valence-corrected chi connectivity index (χ0v) is 46.2. The fraction of sp³-hybridized carbons (Fsp3) is 0.491. The third-order valence-corrected chi connectivity index (χ3v) is 16.7. The van der Waals surface area contributed by atoms with Gasteiger partial charge in [0.2, 0.25) is 17.0 Å². The molecule has 5 aliphatic heterocycles. The second-order valence-electron chi connectivity index (χ2n) is 21.7. The molecule has 3 fully saturated rings. The van der Waals surface area contributed by atoms with E-state index in [0.29, 0.717) is 19.3 Å². The van der Waals surface area contributed by atoms with Gasteiger partial charge in [-0.05, 0) is 45.3 Å². The lowest BCUT2D eigenvalue weighted by Gasteiger charge is -2.38. The molecule has 7 aliphatic rings. The number of phenols is 1. The van der Waals surface area contributed by atoms with Gasteiger partial charge in [0.05, 0.1) is 82.1 Å². The molecular weight excluding hydrogens is 1070 g/mol. The number of ether oxygens (including phenoxy) is 5. The maximum atomic E-state index is 16.1. The number of hydrogen-bond donors (Lipinski definition) is 6. The number of hydrogen-bond acceptors (Lipinski definition) is 17. The number of pyridine rings is 1. The van der Waals surface area contributed by atoms with Gasteiger partial charge >= 0.3 is 17.8 Å². The van der Waals surface area contributed by atoms with E-state index in [-0.39, 0.29) is 95.2 Å². The molecule has 80 heavy (non-hydrogen) atoms. The van der Waals surface area contributed by atoms with Crippen LogP contribution in [0.3, 0.4) is 0 Å². The van der Waals surface area contributed by atoms with Crippen molar-refractivity contribution in [3.05, 3.63) is 109 Å². The number of aliphatic hydroxyl groups is 2. The number of morpholine rings is 1. The highest BCUT2D eigenvalue weighted by Gasteiger charge is 2.53. The van der Waals surface area contributed by atoms with Gasteiger partial charge in [0, 0.05) is 87.3 Å². The standard InChI is InChI=1S/C57H65ClFN5O16/c1-25-10-9-11-26(2)54(72)61-41-44(62-17-20-77-21-18-62)50(70)37-38(49(41)69)47(67)30(6)52-39(37)53(71)57(7,80-52)78-19-15-36(76-8)27(3)51(29(5)46(66)28(4)45(25)65)79-56(75)60-31-14-16-63(23-31)43-35(59)22-33-42(40(43)58)64(32-12-13-32)24-34(48(33)68)55(73)74/h9-11,15,19,22,24-25,27-29,31-32,36,45-46,51,65-67H,12-14,16-18,20-21,23H2,1-8H3,(H,60,75)(H,61,72)(H,73,74)/t25-,27+,28+,29+,31?,36-,45-,46+,51+,57-/m0/s1. The van der Waals surface area contributed by atoms with Crippen molar-refractivity contribution in [2.24, 2.45) is 23.7 Å². The smallest absolute Gasteiger partial charge is 0.407 e. The van der Waals surface area contributed by atoms with Crippen LogP contribution in [0.5, 0.6) is 11.5 Å². The summed E-state index contributed by atoms with van der Waals surface area (Å²) < 4.78 is 47.6. The Balaban J connectivity index is 1.02. The Morgan fingerprint density at radius 1 is 0.912 bits per heavy atom. The Hall–Kier alpha value is -7.11. The molecule has 1 aromatic heterocycles. The van der Waals surface area contributed by atoms with Gasteiger partial charge < -0.3 is 69.1 Å². The van der Waals surface area contributed by atoms with E-state index in [2.05, 4.69) is 10.6 Å². The number of ketones is 3. The first-order valence-electron chi connectivity index (χ1n) is 26.6. The highest BCUT2D eigenvalue weighted by atomic mass is 35.5. The molecule has 428 valence electrons. The van der Waals surface area contributed by atoms with Gasteiger partial charge in [-0.15, -0.1) is 0 Å². The maximum absolute atomic E-state index is 16.1. The lowest BCUT2D eigenvalue weighted by atomic mass is 9.78. The number of allylic oxidation sites excluding steroid dienone is 4. The van der Waals surface area contributed by atoms with Crippen LogP contribution in [0.15, 0.2) is 64.6 Å². The van der Waals surface area contributed by atoms with Crippen molar-refractivity contribution >= 4 is 63.5 Å². The summed E-state index contributed by atoms with van der Waals surface area (Å²) in [5.74, 6) is -12.0. The SMILES string of the molecule is CO[C@H]1C=CO[C@@]2(C)Oc3c(C)c(O)c4c(c3C2=O)C(=O)C(N2CCOCC2)=C(NC(=O)C(C)=CC=C[C@H](C)[C@H](O)[C@@H](C)[C@@H](O)[C@@H](C)[C@H](OC(=O)NC2CCN(c3c(F)cc5c(=O)c(C(=O)O)cn(C6CC6)c5c3Cl)C2)[C@@H]1C)C4=O. The highest BCUT2D eigenvalue weighted by Crippen LogP contribution is 2.49. The van der Waals surface area contributed by atoms with Crippen molar-refractivity contribution in [1.29, 1.82) is 0 Å². The molecule has 0 spiro atoms. The van der Waals surface area contributed by atoms with Gasteiger partial charge in [-0.3, -0.25) is 24.0 Å². The number of carboxylic acid groups (broad SMARTS) is 1. The van der Waals surface area contributed by atoms with E-state index in [1.54, 1.807) is 48.1 Å². The zero-order chi connectivity index (χ0) is 58.0. The van der Waals surface area contributed by atoms with Crippen molar-refractivity contribution in [1.82, 2.24) is 20.1 Å². The summed E-state index contributed by atoms with van der Waals surface area (Å²) in [6.07, 6.45) is 4.48. The third-order valence-electron chi connectivity index (χ3n) is 16.4. The largest absolute Gasteiger partial charge is 0.507 e. The number of carbonyl (C=O) groups is 6. The van der Waals surface area contributed by atoms with Crippen LogP contribution in [0.4, 0.5) is 14.9 Å². The van der Waals surface area contributed by atoms with Crippen LogP contribution in [0, 0.1) is 36.4 Å². The van der Waals surface area contributed by atoms with Crippen molar-refractivity contribution < 1.29 is 77.3 Å². The van der Waals surface area contributed by atoms with Crippen LogP contribution in [0.25, 0.3) is 10.9 Å². The average molecular weight is 1130 g/mol. The quantitative estimate of drug-likeness (QED) is 0.161. The second kappa shape index (κ2) is 22.4. The topological polar surface area (TPSA) is 282 Å². The molecule has 2 amide bonds. The number of carboxylic acids is 1. The number of Topliss-reactive ketones (excluding diaryl/α,β-unsaturated/α-hetero) is 3. The minimum absolute atomic E-state index is 0.0244. The number of aromatic hydroxyl groups is 1. The molecule has 23 heteroatoms. The molecule has 6 heterocycles. The number of phenolic OH excluding ortho intramolecular Hbond substituents is 1. The van der Waals surface area contributed by atoms with Crippen LogP contribution in [-0.2, 0) is 23.7 Å². The molecule has 6 N–H and O–H groups in total. The third kappa shape index (κ3) is 10.4. The van der Waals surface area contributed by atoms with Gasteiger partial charge in [-0.1, -0.05) is 57.5 Å². The lowest BCUT2D eigenvalue weighted by molar-refractivity contribution is -0.116. The van der Waals surface area contributed by atoms with Gasteiger partial charge in [0.15, 0.2) is 0 Å². The van der Waals surface area contributed by atoms with Crippen LogP contribution in [-0.4, -0.2) is 148 Å². The minimum Gasteiger partial charge on any atom is -0.507 e. The zero-order valence-electron chi connectivity index (χ0n) is 45.5. The number of benzene rings is 2. The first kappa shape index (κ1) is 57.6. The molecule has 1 unspecified atom stereocenters. The predicted octanol–water partition coefficient (Wildman–Crippen LogP) is 5.87. The molecule has 10 atom stereocenters. The highest BCUT2D eigenvalue weighted by molar-refractivity contribution is 6.38. The Morgan fingerprint density at radius 3 is 2.27 bits per heavy atom. The van der Waals surface area contributed by atoms with Gasteiger partial charge in [0.25, 0.3) is 11.7 Å². The number of aliphatic hydroxyl groups excluding tert-OH is 2. The summed E-state index contributed by atoms with van der Waals surface area (Å²) in [6.45, 7) is 11.7. The molecule has 0 radical (unpaired) electrons. The van der Waals surface area contributed by atoms with Gasteiger partial charge in [0.1, 0.15) is 40.4 Å². The number of carbonyl (C=O) groups excluding carboxylic acids is 5. The Kier molecular flexibility index (Phi) is 16.1. The molecular formula is C57H65ClFN5O16. The van der Waals surface area contributed by atoms with Crippen molar-refractivity contribution in [2.75, 3.05) is 51.4 Å². The molecule has 5 bridgehead atoms. The number of halogens is 2. The number of fused-ring (bicyclic) bond motifs is 15. The van der Waals surface area contributed by atoms with E-state index < -0.39 is 135 Å². The Morgan fingerprint density at radius 2 is 1.61 bits per heavy atom. The summed E-state index contributed by atoms with van der Waals surface area (Å²) in [5, 5.41) is 50.4.